The molecular formula is C18H14ClFN4O3. The van der Waals surface area contributed by atoms with E-state index in [1.165, 1.54) is 24.3 Å². The number of benzene rings is 2. The van der Waals surface area contributed by atoms with Crippen molar-refractivity contribution < 1.29 is 18.5 Å². The van der Waals surface area contributed by atoms with E-state index >= 15 is 0 Å². The lowest BCUT2D eigenvalue weighted by Crippen LogP contribution is -2.41. The van der Waals surface area contributed by atoms with Gasteiger partial charge >= 0.3 is 0 Å². The Morgan fingerprint density at radius 3 is 2.44 bits per heavy atom. The lowest BCUT2D eigenvalue weighted by Gasteiger charge is -2.06. The van der Waals surface area contributed by atoms with Gasteiger partial charge in [-0.1, -0.05) is 16.8 Å². The van der Waals surface area contributed by atoms with Crippen LogP contribution in [0.3, 0.4) is 0 Å². The Kier molecular flexibility index (Phi) is 5.77. The summed E-state index contributed by atoms with van der Waals surface area (Å²) < 4.78 is 18.0. The molecule has 9 heteroatoms. The molecule has 0 aliphatic carbocycles. The number of nitrogens with one attached hydrogen (secondary N) is 2. The zero-order chi connectivity index (χ0) is 19.2. The van der Waals surface area contributed by atoms with Crippen LogP contribution in [0.15, 0.2) is 53.1 Å². The molecular weight excluding hydrogens is 375 g/mol. The third-order valence-electron chi connectivity index (χ3n) is 3.56. The van der Waals surface area contributed by atoms with Crippen LogP contribution in [0.2, 0.25) is 5.02 Å². The fourth-order valence-electron chi connectivity index (χ4n) is 2.16. The maximum Gasteiger partial charge on any atom is 0.269 e. The van der Waals surface area contributed by atoms with Crippen LogP contribution >= 0.6 is 11.6 Å². The highest BCUT2D eigenvalue weighted by Crippen LogP contribution is 2.16. The number of carbonyl (C=O) groups is 2. The van der Waals surface area contributed by atoms with Gasteiger partial charge < -0.3 is 4.52 Å². The summed E-state index contributed by atoms with van der Waals surface area (Å²) in [4.78, 5) is 27.9. The lowest BCUT2D eigenvalue weighted by molar-refractivity contribution is -0.121. The first kappa shape index (κ1) is 18.5. The van der Waals surface area contributed by atoms with Crippen LogP contribution in [0, 0.1) is 5.82 Å². The average Bonchev–Trinajstić information content (AvgIpc) is 3.14. The Labute approximate surface area is 158 Å². The summed E-state index contributed by atoms with van der Waals surface area (Å²) in [6.45, 7) is 0. The number of rotatable bonds is 5. The van der Waals surface area contributed by atoms with Crippen molar-refractivity contribution in [3.63, 3.8) is 0 Å². The molecule has 0 radical (unpaired) electrons. The van der Waals surface area contributed by atoms with Crippen molar-refractivity contribution in [3.05, 3.63) is 70.8 Å². The van der Waals surface area contributed by atoms with E-state index in [1.807, 2.05) is 0 Å². The topological polar surface area (TPSA) is 97.1 Å². The number of aryl methyl sites for hydroxylation is 1. The normalized spacial score (nSPS) is 10.4. The molecule has 0 bridgehead atoms. The third-order valence-corrected chi connectivity index (χ3v) is 3.81. The Hall–Kier alpha value is -3.26. The molecule has 0 spiro atoms. The fraction of sp³-hybridized carbons (Fsp3) is 0.111. The predicted molar refractivity (Wildman–Crippen MR) is 95.1 cm³/mol. The number of hydrogen-bond donors (Lipinski definition) is 2. The molecule has 0 saturated carbocycles. The van der Waals surface area contributed by atoms with E-state index in [9.17, 15) is 14.0 Å². The monoisotopic (exact) mass is 388 g/mol. The summed E-state index contributed by atoms with van der Waals surface area (Å²) in [7, 11) is 0. The second kappa shape index (κ2) is 8.41. The van der Waals surface area contributed by atoms with Crippen LogP contribution in [-0.4, -0.2) is 22.0 Å². The molecule has 0 saturated heterocycles. The van der Waals surface area contributed by atoms with E-state index in [0.717, 1.165) is 0 Å². The van der Waals surface area contributed by atoms with Gasteiger partial charge in [0.25, 0.3) is 5.91 Å². The first-order valence-electron chi connectivity index (χ1n) is 7.94. The van der Waals surface area contributed by atoms with Crippen LogP contribution in [0.4, 0.5) is 4.39 Å². The van der Waals surface area contributed by atoms with Crippen LogP contribution in [0.25, 0.3) is 11.4 Å². The van der Waals surface area contributed by atoms with E-state index < -0.39 is 11.8 Å². The molecule has 27 heavy (non-hydrogen) atoms. The molecule has 1 heterocycles. The van der Waals surface area contributed by atoms with Gasteiger partial charge in [-0.25, -0.2) is 4.39 Å². The van der Waals surface area contributed by atoms with Gasteiger partial charge in [-0.3, -0.25) is 20.4 Å². The van der Waals surface area contributed by atoms with E-state index in [4.69, 9.17) is 16.1 Å². The minimum absolute atomic E-state index is 0.0337. The van der Waals surface area contributed by atoms with Crippen LogP contribution < -0.4 is 10.9 Å². The Bertz CT molecular complexity index is 942. The number of halogens is 2. The second-order valence-electron chi connectivity index (χ2n) is 5.53. The Morgan fingerprint density at radius 2 is 1.74 bits per heavy atom. The maximum absolute atomic E-state index is 12.9. The maximum atomic E-state index is 12.9. The molecule has 1 aromatic heterocycles. The number of carbonyl (C=O) groups excluding carboxylic acids is 2. The van der Waals surface area contributed by atoms with Crippen molar-refractivity contribution in [3.8, 4) is 11.4 Å². The summed E-state index contributed by atoms with van der Waals surface area (Å²) in [5.41, 5.74) is 5.58. The fourth-order valence-corrected chi connectivity index (χ4v) is 2.28. The van der Waals surface area contributed by atoms with Crippen LogP contribution in [-0.2, 0) is 11.2 Å². The van der Waals surface area contributed by atoms with Gasteiger partial charge in [0.15, 0.2) is 0 Å². The first-order valence-corrected chi connectivity index (χ1v) is 8.32. The summed E-state index contributed by atoms with van der Waals surface area (Å²) >= 11 is 5.75. The minimum Gasteiger partial charge on any atom is -0.339 e. The number of nitrogens with zero attached hydrogens (tertiary/aromatic N) is 2. The molecule has 0 aliphatic rings. The van der Waals surface area contributed by atoms with Crippen molar-refractivity contribution in [2.75, 3.05) is 0 Å². The Balaban J connectivity index is 1.47. The van der Waals surface area contributed by atoms with E-state index in [1.54, 1.807) is 24.3 Å². The van der Waals surface area contributed by atoms with Gasteiger partial charge in [0.1, 0.15) is 5.82 Å². The van der Waals surface area contributed by atoms with Gasteiger partial charge in [0.05, 0.1) is 0 Å². The predicted octanol–water partition coefficient (Wildman–Crippen LogP) is 2.92. The largest absolute Gasteiger partial charge is 0.339 e. The molecule has 7 nitrogen and oxygen atoms in total. The number of hydrogen-bond acceptors (Lipinski definition) is 5. The second-order valence-corrected chi connectivity index (χ2v) is 5.96. The SMILES string of the molecule is O=C(CCc1nc(-c2ccc(F)cc2)no1)NNC(=O)c1ccc(Cl)cc1. The number of aromatic nitrogens is 2. The smallest absolute Gasteiger partial charge is 0.269 e. The van der Waals surface area contributed by atoms with Crippen molar-refractivity contribution in [2.45, 2.75) is 12.8 Å². The van der Waals surface area contributed by atoms with Crippen molar-refractivity contribution in [1.82, 2.24) is 21.0 Å². The van der Waals surface area contributed by atoms with Crippen molar-refractivity contribution in [2.24, 2.45) is 0 Å². The molecule has 3 aromatic rings. The Morgan fingerprint density at radius 1 is 1.04 bits per heavy atom. The molecule has 0 atom stereocenters. The molecule has 2 aromatic carbocycles. The van der Waals surface area contributed by atoms with Gasteiger partial charge in [0, 0.05) is 29.0 Å². The van der Waals surface area contributed by atoms with Gasteiger partial charge in [0.2, 0.25) is 17.6 Å². The minimum atomic E-state index is -0.462. The zero-order valence-electron chi connectivity index (χ0n) is 13.9. The molecule has 138 valence electrons. The number of amides is 2. The highest BCUT2D eigenvalue weighted by molar-refractivity contribution is 6.30. The average molecular weight is 389 g/mol. The standard InChI is InChI=1S/C18H14ClFN4O3/c19-13-5-1-12(2-6-13)18(26)23-22-15(25)9-10-16-21-17(24-27-16)11-3-7-14(20)8-4-11/h1-8H,9-10H2,(H,22,25)(H,23,26). The van der Waals surface area contributed by atoms with Gasteiger partial charge in [-0.15, -0.1) is 0 Å². The summed E-state index contributed by atoms with van der Waals surface area (Å²) in [6, 6.07) is 11.9. The highest BCUT2D eigenvalue weighted by atomic mass is 35.5. The lowest BCUT2D eigenvalue weighted by atomic mass is 10.2. The van der Waals surface area contributed by atoms with E-state index in [0.29, 0.717) is 22.0 Å². The molecule has 0 aliphatic heterocycles. The summed E-state index contributed by atoms with van der Waals surface area (Å²) in [5.74, 6) is -0.676. The summed E-state index contributed by atoms with van der Waals surface area (Å²) in [5, 5.41) is 4.30. The molecule has 3 rings (SSSR count). The highest BCUT2D eigenvalue weighted by Gasteiger charge is 2.12. The first-order chi connectivity index (χ1) is 13.0. The quantitative estimate of drug-likeness (QED) is 0.655. The molecule has 2 N–H and O–H groups in total. The van der Waals surface area contributed by atoms with Crippen molar-refractivity contribution in [1.29, 1.82) is 0 Å². The number of hydrazine groups is 1. The van der Waals surface area contributed by atoms with E-state index in [-0.39, 0.29) is 24.5 Å². The van der Waals surface area contributed by atoms with Crippen molar-refractivity contribution >= 4 is 23.4 Å². The molecule has 2 amide bonds. The zero-order valence-corrected chi connectivity index (χ0v) is 14.7. The van der Waals surface area contributed by atoms with Crippen LogP contribution in [0.5, 0.6) is 0 Å². The summed E-state index contributed by atoms with van der Waals surface area (Å²) in [6.07, 6.45) is 0.225. The molecule has 0 unspecified atom stereocenters. The third kappa shape index (κ3) is 5.11. The van der Waals surface area contributed by atoms with Gasteiger partial charge in [-0.05, 0) is 48.5 Å². The van der Waals surface area contributed by atoms with Crippen LogP contribution in [0.1, 0.15) is 22.7 Å². The molecule has 0 fully saturated rings. The van der Waals surface area contributed by atoms with Gasteiger partial charge in [-0.2, -0.15) is 4.98 Å². The van der Waals surface area contributed by atoms with E-state index in [2.05, 4.69) is 21.0 Å².